The second-order valence-electron chi connectivity index (χ2n) is 8.83. The number of benzene rings is 2. The number of rotatable bonds is 10. The van der Waals surface area contributed by atoms with Gasteiger partial charge in [-0.1, -0.05) is 56.3 Å². The van der Waals surface area contributed by atoms with Crippen molar-refractivity contribution >= 4 is 28.9 Å². The highest BCUT2D eigenvalue weighted by Gasteiger charge is 2.40. The van der Waals surface area contributed by atoms with Gasteiger partial charge in [0.15, 0.2) is 0 Å². The van der Waals surface area contributed by atoms with Gasteiger partial charge in [-0.3, -0.25) is 14.9 Å². The van der Waals surface area contributed by atoms with Gasteiger partial charge in [0.1, 0.15) is 12.0 Å². The normalized spacial score (nSPS) is 20.6. The molecule has 1 aliphatic rings. The van der Waals surface area contributed by atoms with Crippen LogP contribution in [0.2, 0.25) is 0 Å². The SMILES string of the molecule is CC(C)C[C@H](NC1(c2cccc3ccccc23)CCCCO1)C(=O)N[C@H](C=O)CC(=O)O. The molecule has 1 heterocycles. The number of aldehydes is 1. The molecule has 1 saturated heterocycles. The lowest BCUT2D eigenvalue weighted by molar-refractivity contribution is -0.141. The van der Waals surface area contributed by atoms with E-state index in [1.807, 2.05) is 50.2 Å². The zero-order valence-corrected chi connectivity index (χ0v) is 18.7. The van der Waals surface area contributed by atoms with Crippen LogP contribution in [0.25, 0.3) is 10.8 Å². The van der Waals surface area contributed by atoms with E-state index in [-0.39, 0.29) is 5.92 Å². The molecule has 1 unspecified atom stereocenters. The Morgan fingerprint density at radius 1 is 1.16 bits per heavy atom. The van der Waals surface area contributed by atoms with E-state index in [4.69, 9.17) is 9.84 Å². The number of nitrogens with one attached hydrogen (secondary N) is 2. The van der Waals surface area contributed by atoms with Gasteiger partial charge in [-0.25, -0.2) is 0 Å². The van der Waals surface area contributed by atoms with Crippen LogP contribution in [0, 0.1) is 5.92 Å². The Morgan fingerprint density at radius 3 is 2.56 bits per heavy atom. The van der Waals surface area contributed by atoms with E-state index in [0.29, 0.717) is 25.7 Å². The van der Waals surface area contributed by atoms with Gasteiger partial charge < -0.3 is 20.0 Å². The van der Waals surface area contributed by atoms with Crippen LogP contribution in [0.5, 0.6) is 0 Å². The zero-order valence-electron chi connectivity index (χ0n) is 18.7. The highest BCUT2D eigenvalue weighted by Crippen LogP contribution is 2.37. The van der Waals surface area contributed by atoms with E-state index < -0.39 is 36.1 Å². The molecule has 0 bridgehead atoms. The number of carbonyl (C=O) groups is 3. The third-order valence-electron chi connectivity index (χ3n) is 5.81. The molecule has 7 nitrogen and oxygen atoms in total. The number of carbonyl (C=O) groups excluding carboxylic acids is 2. The van der Waals surface area contributed by atoms with Crippen molar-refractivity contribution in [1.82, 2.24) is 10.6 Å². The monoisotopic (exact) mass is 440 g/mol. The Hall–Kier alpha value is -2.77. The molecule has 3 N–H and O–H groups in total. The highest BCUT2D eigenvalue weighted by atomic mass is 16.5. The van der Waals surface area contributed by atoms with Gasteiger partial charge in [-0.2, -0.15) is 0 Å². The number of hydrogen-bond donors (Lipinski definition) is 3. The first kappa shape index (κ1) is 23.9. The van der Waals surface area contributed by atoms with Crippen molar-refractivity contribution in [2.24, 2.45) is 5.92 Å². The quantitative estimate of drug-likeness (QED) is 0.490. The molecule has 172 valence electrons. The van der Waals surface area contributed by atoms with Crippen molar-refractivity contribution in [3.8, 4) is 0 Å². The van der Waals surface area contributed by atoms with Crippen LogP contribution >= 0.6 is 0 Å². The zero-order chi connectivity index (χ0) is 23.1. The van der Waals surface area contributed by atoms with Crippen molar-refractivity contribution in [2.75, 3.05) is 6.61 Å². The third kappa shape index (κ3) is 5.72. The molecule has 0 aliphatic carbocycles. The van der Waals surface area contributed by atoms with Gasteiger partial charge in [-0.05, 0) is 42.4 Å². The van der Waals surface area contributed by atoms with E-state index in [1.54, 1.807) is 0 Å². The maximum absolute atomic E-state index is 13.2. The Balaban J connectivity index is 1.95. The molecule has 2 aromatic carbocycles. The molecule has 0 saturated carbocycles. The summed E-state index contributed by atoms with van der Waals surface area (Å²) in [6.45, 7) is 4.60. The standard InChI is InChI=1S/C25H32N2O5/c1-17(2)14-22(24(31)26-19(16-28)15-23(29)30)27-25(12-5-6-13-32-25)21-11-7-9-18-8-3-4-10-20(18)21/h3-4,7-11,16-17,19,22,27H,5-6,12-15H2,1-2H3,(H,26,31)(H,29,30)/t19-,22-,25?/m0/s1. The molecular weight excluding hydrogens is 408 g/mol. The van der Waals surface area contributed by atoms with Gasteiger partial charge >= 0.3 is 5.97 Å². The maximum Gasteiger partial charge on any atom is 0.305 e. The number of hydrogen-bond acceptors (Lipinski definition) is 5. The van der Waals surface area contributed by atoms with E-state index >= 15 is 0 Å². The number of carboxylic acids is 1. The van der Waals surface area contributed by atoms with Crippen LogP contribution in [0.1, 0.15) is 51.5 Å². The lowest BCUT2D eigenvalue weighted by atomic mass is 9.88. The number of aliphatic carboxylic acids is 1. The molecule has 1 aliphatic heterocycles. The summed E-state index contributed by atoms with van der Waals surface area (Å²) in [5.41, 5.74) is 0.133. The van der Waals surface area contributed by atoms with Gasteiger partial charge in [0.25, 0.3) is 0 Å². The molecule has 1 fully saturated rings. The number of ether oxygens (including phenoxy) is 1. The molecule has 2 aromatic rings. The molecule has 3 atom stereocenters. The lowest BCUT2D eigenvalue weighted by Crippen LogP contribution is -2.58. The molecule has 0 aromatic heterocycles. The summed E-state index contributed by atoms with van der Waals surface area (Å²) < 4.78 is 6.36. The Labute approximate surface area is 188 Å². The first-order valence-corrected chi connectivity index (χ1v) is 11.2. The van der Waals surface area contributed by atoms with Crippen LogP contribution < -0.4 is 10.6 Å². The van der Waals surface area contributed by atoms with Gasteiger partial charge in [0.2, 0.25) is 5.91 Å². The summed E-state index contributed by atoms with van der Waals surface area (Å²) in [5.74, 6) is -1.34. The number of amides is 1. The first-order valence-electron chi connectivity index (χ1n) is 11.2. The van der Waals surface area contributed by atoms with E-state index in [2.05, 4.69) is 16.7 Å². The van der Waals surface area contributed by atoms with E-state index in [0.717, 1.165) is 29.2 Å². The Bertz CT molecular complexity index is 947. The molecule has 0 radical (unpaired) electrons. The number of carboxylic acid groups (broad SMARTS) is 1. The topological polar surface area (TPSA) is 105 Å². The Morgan fingerprint density at radius 2 is 1.91 bits per heavy atom. The second-order valence-corrected chi connectivity index (χ2v) is 8.83. The fourth-order valence-corrected chi connectivity index (χ4v) is 4.37. The minimum atomic E-state index is -1.14. The first-order chi connectivity index (χ1) is 15.3. The van der Waals surface area contributed by atoms with Crippen LogP contribution in [-0.2, 0) is 24.8 Å². The molecule has 7 heteroatoms. The average molecular weight is 441 g/mol. The summed E-state index contributed by atoms with van der Waals surface area (Å²) in [7, 11) is 0. The van der Waals surface area contributed by atoms with Crippen molar-refractivity contribution in [3.63, 3.8) is 0 Å². The highest BCUT2D eigenvalue weighted by molar-refractivity contribution is 5.88. The van der Waals surface area contributed by atoms with Crippen LogP contribution in [0.3, 0.4) is 0 Å². The summed E-state index contributed by atoms with van der Waals surface area (Å²) >= 11 is 0. The predicted molar refractivity (Wildman–Crippen MR) is 122 cm³/mol. The van der Waals surface area contributed by atoms with E-state index in [1.165, 1.54) is 0 Å². The molecule has 1 amide bonds. The lowest BCUT2D eigenvalue weighted by Gasteiger charge is -2.42. The summed E-state index contributed by atoms with van der Waals surface area (Å²) in [5, 5.41) is 17.3. The van der Waals surface area contributed by atoms with Gasteiger partial charge in [0, 0.05) is 12.2 Å². The van der Waals surface area contributed by atoms with Crippen LogP contribution in [0.4, 0.5) is 0 Å². The van der Waals surface area contributed by atoms with Crippen molar-refractivity contribution in [2.45, 2.75) is 63.8 Å². The minimum absolute atomic E-state index is 0.195. The van der Waals surface area contributed by atoms with E-state index in [9.17, 15) is 14.4 Å². The van der Waals surface area contributed by atoms with Crippen molar-refractivity contribution < 1.29 is 24.2 Å². The molecule has 3 rings (SSSR count). The van der Waals surface area contributed by atoms with Crippen molar-refractivity contribution in [1.29, 1.82) is 0 Å². The maximum atomic E-state index is 13.2. The van der Waals surface area contributed by atoms with Crippen LogP contribution in [-0.4, -0.2) is 42.0 Å². The van der Waals surface area contributed by atoms with Gasteiger partial charge in [0.05, 0.1) is 18.5 Å². The molecular formula is C25H32N2O5. The van der Waals surface area contributed by atoms with Gasteiger partial charge in [-0.15, -0.1) is 0 Å². The molecule has 0 spiro atoms. The van der Waals surface area contributed by atoms with Crippen molar-refractivity contribution in [3.05, 3.63) is 48.0 Å². The summed E-state index contributed by atoms with van der Waals surface area (Å²) in [4.78, 5) is 35.5. The molecule has 32 heavy (non-hydrogen) atoms. The number of fused-ring (bicyclic) bond motifs is 1. The second kappa shape index (κ2) is 10.7. The fourth-order valence-electron chi connectivity index (χ4n) is 4.37. The largest absolute Gasteiger partial charge is 0.481 e. The van der Waals surface area contributed by atoms with Crippen LogP contribution in [0.15, 0.2) is 42.5 Å². The summed E-state index contributed by atoms with van der Waals surface area (Å²) in [6, 6.07) is 12.4. The summed E-state index contributed by atoms with van der Waals surface area (Å²) in [6.07, 6.45) is 3.13. The fraction of sp³-hybridized carbons (Fsp3) is 0.480. The third-order valence-corrected chi connectivity index (χ3v) is 5.81. The predicted octanol–water partition coefficient (Wildman–Crippen LogP) is 3.36. The average Bonchev–Trinajstić information content (AvgIpc) is 2.77. The minimum Gasteiger partial charge on any atom is -0.481 e. The Kier molecular flexibility index (Phi) is 7.99. The smallest absolute Gasteiger partial charge is 0.305 e.